The number of oxime groups is 1. The van der Waals surface area contributed by atoms with E-state index in [2.05, 4.69) is 21.3 Å². The van der Waals surface area contributed by atoms with Gasteiger partial charge in [0.25, 0.3) is 11.8 Å². The van der Waals surface area contributed by atoms with Crippen molar-refractivity contribution in [2.45, 2.75) is 56.9 Å². The number of hydrogen-bond donors (Lipinski definition) is 3. The molecule has 26 heteroatoms. The summed E-state index contributed by atoms with van der Waals surface area (Å²) in [5, 5.41) is 14.9. The minimum atomic E-state index is -1.34. The normalized spacial score (nSPS) is 15.5. The molecule has 3 amide bonds. The number of aromatic nitrogens is 1. The number of carbonyl (C=O) groups excluding carboxylic acids is 8. The first kappa shape index (κ1) is 70.2. The van der Waals surface area contributed by atoms with E-state index in [9.17, 15) is 24.0 Å². The van der Waals surface area contributed by atoms with Gasteiger partial charge in [0.05, 0.1) is 16.8 Å². The number of β-lactam (4-membered cyclic amide) rings is 1. The van der Waals surface area contributed by atoms with Crippen molar-refractivity contribution in [3.63, 3.8) is 0 Å². The zero-order valence-corrected chi connectivity index (χ0v) is 58.4. The van der Waals surface area contributed by atoms with Gasteiger partial charge in [-0.25, -0.2) is 29.4 Å². The molecule has 8 aromatic carbocycles. The van der Waals surface area contributed by atoms with Gasteiger partial charge in [0.2, 0.25) is 5.75 Å². The predicted octanol–water partition coefficient (Wildman–Crippen LogP) is 12.7. The Hall–Kier alpha value is -12.2. The summed E-state index contributed by atoms with van der Waals surface area (Å²) in [7, 11) is 0. The average molecular weight is 1450 g/mol. The van der Waals surface area contributed by atoms with Crippen molar-refractivity contribution in [1.82, 2.24) is 30.8 Å². The highest BCUT2D eigenvalue weighted by Crippen LogP contribution is 2.46. The standard InChI is InChI=1S/C78H63N9O14S3/c1-47-40-64(87-63(79-47)43-85(84-87)77(95)100-69(53-30-16-7-17-31-53)54-32-18-8-19-33-54)102-44-56-45-103-73-66(72(92)86(73)67(56)75(94)99-68(51-26-12-5-13-27-51)52-28-14-6-15-29-52)81-71(91)65(83-101-74(93)55-41-61(96-48(2)88)70(98-50(4)90)62(42-55)97-49(3)89)60-46-104-76(80-60)82-78(57-34-20-9-21-35-57,58-36-22-10-23-37-58)59-38-24-11-25-39-59/h5-43,46,66,68-69,73,84H,44-45H2,1-4H3,(H,80,82)(H,81,91)/t66-,73-/m1/s1. The molecule has 0 saturated carbocycles. The molecule has 4 aliphatic rings. The largest absolute Gasteiger partial charge is 0.448 e. The fraction of sp³-hybridized carbons (Fsp3) is 0.141. The number of amides is 3. The Bertz CT molecular complexity index is 4720. The third-order valence-corrected chi connectivity index (χ3v) is 19.8. The van der Waals surface area contributed by atoms with Crippen LogP contribution in [0.3, 0.4) is 0 Å². The number of nitrogens with one attached hydrogen (secondary N) is 3. The number of aliphatic imine (C=N–C) groups is 1. The van der Waals surface area contributed by atoms with Crippen molar-refractivity contribution in [2.24, 2.45) is 10.1 Å². The lowest BCUT2D eigenvalue weighted by Crippen LogP contribution is -2.71. The van der Waals surface area contributed by atoms with Gasteiger partial charge in [0, 0.05) is 43.4 Å². The number of anilines is 1. The van der Waals surface area contributed by atoms with Crippen molar-refractivity contribution in [1.29, 1.82) is 0 Å². The highest BCUT2D eigenvalue weighted by Gasteiger charge is 2.55. The molecule has 0 spiro atoms. The van der Waals surface area contributed by atoms with Crippen LogP contribution in [-0.4, -0.2) is 102 Å². The van der Waals surface area contributed by atoms with E-state index < -0.39 is 105 Å². The summed E-state index contributed by atoms with van der Waals surface area (Å²) >= 11 is 3.67. The van der Waals surface area contributed by atoms with Crippen LogP contribution in [-0.2, 0) is 48.6 Å². The zero-order valence-electron chi connectivity index (χ0n) is 55.9. The lowest BCUT2D eigenvalue weighted by Gasteiger charge is -2.49. The third kappa shape index (κ3) is 15.3. The maximum Gasteiger partial charge on any atom is 0.431 e. The van der Waals surface area contributed by atoms with Crippen LogP contribution >= 0.6 is 34.9 Å². The van der Waals surface area contributed by atoms with Gasteiger partial charge in [-0.3, -0.25) is 28.9 Å². The summed E-state index contributed by atoms with van der Waals surface area (Å²) in [6.07, 6.45) is 0.927. The summed E-state index contributed by atoms with van der Waals surface area (Å²) in [6, 6.07) is 66.7. The van der Waals surface area contributed by atoms with E-state index in [-0.39, 0.29) is 28.0 Å². The number of esters is 4. The molecule has 0 radical (unpaired) electrons. The van der Waals surface area contributed by atoms with Crippen molar-refractivity contribution in [2.75, 3.05) is 16.8 Å². The van der Waals surface area contributed by atoms with E-state index in [1.165, 1.54) is 45.0 Å². The van der Waals surface area contributed by atoms with E-state index in [1.807, 2.05) is 218 Å². The third-order valence-electron chi connectivity index (χ3n) is 16.6. The molecule has 9 aromatic rings. The summed E-state index contributed by atoms with van der Waals surface area (Å²) in [5.41, 5.74) is 7.20. The number of benzene rings is 8. The molecular weight excluding hydrogens is 1380 g/mol. The van der Waals surface area contributed by atoms with Crippen LogP contribution in [0.4, 0.5) is 9.93 Å². The van der Waals surface area contributed by atoms with Crippen molar-refractivity contribution >= 4 is 99.2 Å². The summed E-state index contributed by atoms with van der Waals surface area (Å²) in [6.45, 7) is 4.96. The Morgan fingerprint density at radius 2 is 1.12 bits per heavy atom. The molecule has 1 aromatic heterocycles. The molecule has 4 aliphatic heterocycles. The second kappa shape index (κ2) is 31.3. The van der Waals surface area contributed by atoms with Gasteiger partial charge in [0.15, 0.2) is 40.4 Å². The van der Waals surface area contributed by atoms with Gasteiger partial charge in [-0.2, -0.15) is 5.01 Å². The van der Waals surface area contributed by atoms with Gasteiger partial charge >= 0.3 is 35.9 Å². The van der Waals surface area contributed by atoms with Gasteiger partial charge in [-0.15, -0.1) is 40.4 Å². The highest BCUT2D eigenvalue weighted by atomic mass is 32.2. The maximum absolute atomic E-state index is 15.4. The average Bonchev–Trinajstić information content (AvgIpc) is 0.853. The number of thioether (sulfide) groups is 2. The first-order chi connectivity index (χ1) is 50.5. The van der Waals surface area contributed by atoms with Crippen LogP contribution in [0.2, 0.25) is 0 Å². The van der Waals surface area contributed by atoms with Crippen LogP contribution < -0.4 is 30.4 Å². The van der Waals surface area contributed by atoms with E-state index >= 15 is 14.4 Å². The Labute approximate surface area is 608 Å². The number of nitrogens with zero attached hydrogens (tertiary/aromatic N) is 6. The quantitative estimate of drug-likeness (QED) is 0.0102. The molecule has 1 fully saturated rings. The van der Waals surface area contributed by atoms with Crippen LogP contribution in [0.15, 0.2) is 274 Å². The number of allylic oxidation sites excluding steroid dienone is 1. The topological polar surface area (TPSA) is 275 Å². The number of hydrazine groups is 2. The molecule has 2 atom stereocenters. The lowest BCUT2D eigenvalue weighted by molar-refractivity contribution is -0.154. The van der Waals surface area contributed by atoms with Crippen LogP contribution in [0.25, 0.3) is 0 Å². The van der Waals surface area contributed by atoms with Crippen LogP contribution in [0.1, 0.15) is 94.9 Å². The second-order valence-corrected chi connectivity index (χ2v) is 26.7. The van der Waals surface area contributed by atoms with E-state index in [1.54, 1.807) is 11.9 Å². The molecule has 13 rings (SSSR count). The summed E-state index contributed by atoms with van der Waals surface area (Å²) in [5.74, 6) is -7.45. The van der Waals surface area contributed by atoms with Gasteiger partial charge in [-0.05, 0) is 69.6 Å². The van der Waals surface area contributed by atoms with Crippen LogP contribution in [0.5, 0.6) is 17.2 Å². The SMILES string of the molecule is CC(=O)Oc1cc(C(=O)ON=C(C(=O)N[C@@H]2C(=O)N3C(C(=O)OC(c4ccccc4)c4ccccc4)=C(CSC4=CC(C)=NC5=CN(C(=O)OC(c6ccccc6)c6ccccc6)NN54)CS[C@H]23)c2csc(NC(c3ccccc3)(c3ccccc3)c3ccccc3)n2)cc(OC(C)=O)c1OC(C)=O. The molecule has 23 nitrogen and oxygen atoms in total. The van der Waals surface area contributed by atoms with Gasteiger partial charge < -0.3 is 39.2 Å². The number of ether oxygens (including phenoxy) is 5. The molecule has 0 unspecified atom stereocenters. The van der Waals surface area contributed by atoms with Gasteiger partial charge in [0.1, 0.15) is 28.3 Å². The molecule has 1 saturated heterocycles. The van der Waals surface area contributed by atoms with E-state index in [0.717, 1.165) is 72.1 Å². The van der Waals surface area contributed by atoms with Crippen molar-refractivity contribution in [3.05, 3.63) is 314 Å². The smallest absolute Gasteiger partial charge is 0.431 e. The van der Waals surface area contributed by atoms with E-state index in [4.69, 9.17) is 38.5 Å². The fourth-order valence-corrected chi connectivity index (χ4v) is 15.3. The molecule has 5 heterocycles. The predicted molar refractivity (Wildman–Crippen MR) is 390 cm³/mol. The number of thiazole rings is 1. The summed E-state index contributed by atoms with van der Waals surface area (Å²) in [4.78, 5) is 128. The first-order valence-corrected chi connectivity index (χ1v) is 35.4. The molecule has 3 N–H and O–H groups in total. The monoisotopic (exact) mass is 1450 g/mol. The Kier molecular flexibility index (Phi) is 21.2. The lowest BCUT2D eigenvalue weighted by atomic mass is 9.77. The molecule has 0 bridgehead atoms. The summed E-state index contributed by atoms with van der Waals surface area (Å²) < 4.78 is 28.6. The van der Waals surface area contributed by atoms with Gasteiger partial charge in [-0.1, -0.05) is 217 Å². The highest BCUT2D eigenvalue weighted by molar-refractivity contribution is 8.03. The van der Waals surface area contributed by atoms with Crippen LogP contribution in [0, 0.1) is 0 Å². The molecule has 522 valence electrons. The Balaban J connectivity index is 0.825. The number of rotatable bonds is 23. The Morgan fingerprint density at radius 3 is 1.62 bits per heavy atom. The minimum absolute atomic E-state index is 0.0589. The number of fused-ring (bicyclic) bond motifs is 2. The number of carbonyl (C=O) groups is 8. The minimum Gasteiger partial charge on any atom is -0.448 e. The maximum atomic E-state index is 15.4. The van der Waals surface area contributed by atoms with Crippen molar-refractivity contribution < 1.29 is 66.9 Å². The zero-order chi connectivity index (χ0) is 72.4. The fourth-order valence-electron chi connectivity index (χ4n) is 12.0. The first-order valence-electron chi connectivity index (χ1n) is 32.5. The molecule has 0 aliphatic carbocycles. The molecular formula is C78H63N9O14S3. The molecule has 104 heavy (non-hydrogen) atoms. The second-order valence-electron chi connectivity index (χ2n) is 23.7. The Morgan fingerprint density at radius 1 is 0.644 bits per heavy atom. The number of hydrogen-bond acceptors (Lipinski definition) is 23. The van der Waals surface area contributed by atoms with Crippen molar-refractivity contribution in [3.8, 4) is 17.2 Å². The van der Waals surface area contributed by atoms with E-state index in [0.29, 0.717) is 33.3 Å².